The molecule has 6 heteroatoms. The van der Waals surface area contributed by atoms with Crippen LogP contribution in [0.5, 0.6) is 5.75 Å². The van der Waals surface area contributed by atoms with Gasteiger partial charge in [-0.05, 0) is 55.4 Å². The zero-order valence-corrected chi connectivity index (χ0v) is 13.8. The van der Waals surface area contributed by atoms with Crippen molar-refractivity contribution in [2.45, 2.75) is 26.2 Å². The van der Waals surface area contributed by atoms with Crippen LogP contribution in [0.2, 0.25) is 5.02 Å². The van der Waals surface area contributed by atoms with Crippen LogP contribution in [-0.2, 0) is 9.59 Å². The minimum atomic E-state index is -0.703. The predicted octanol–water partition coefficient (Wildman–Crippen LogP) is 2.74. The minimum Gasteiger partial charge on any atom is -0.484 e. The number of nitrogens with zero attached hydrogens (tertiary/aromatic N) is 1. The number of hydrogen-bond donors (Lipinski definition) is 1. The summed E-state index contributed by atoms with van der Waals surface area (Å²) in [4.78, 5) is 25.0. The number of carboxylic acids is 1. The number of ether oxygens (including phenoxy) is 1. The van der Waals surface area contributed by atoms with E-state index in [1.165, 1.54) is 0 Å². The first-order valence-electron chi connectivity index (χ1n) is 7.81. The highest BCUT2D eigenvalue weighted by atomic mass is 35.5. The second kappa shape index (κ2) is 6.04. The van der Waals surface area contributed by atoms with Gasteiger partial charge in [-0.25, -0.2) is 0 Å². The maximum atomic E-state index is 12.2. The number of likely N-dealkylation sites (tertiary alicyclic amines) is 1. The third-order valence-corrected chi connectivity index (χ3v) is 5.52. The van der Waals surface area contributed by atoms with Gasteiger partial charge < -0.3 is 14.7 Å². The largest absolute Gasteiger partial charge is 0.484 e. The van der Waals surface area contributed by atoms with Gasteiger partial charge in [-0.3, -0.25) is 9.59 Å². The lowest BCUT2D eigenvalue weighted by Crippen LogP contribution is -2.42. The lowest BCUT2D eigenvalue weighted by atomic mass is 9.91. The first-order chi connectivity index (χ1) is 10.9. The van der Waals surface area contributed by atoms with E-state index < -0.39 is 5.97 Å². The topological polar surface area (TPSA) is 66.8 Å². The number of carbonyl (C=O) groups is 2. The van der Waals surface area contributed by atoms with E-state index >= 15 is 0 Å². The van der Waals surface area contributed by atoms with E-state index in [2.05, 4.69) is 0 Å². The maximum absolute atomic E-state index is 12.2. The highest BCUT2D eigenvalue weighted by Gasteiger charge is 2.59. The van der Waals surface area contributed by atoms with Crippen molar-refractivity contribution in [3.05, 3.63) is 28.8 Å². The monoisotopic (exact) mass is 337 g/mol. The summed E-state index contributed by atoms with van der Waals surface area (Å²) in [5.41, 5.74) is 0.849. The van der Waals surface area contributed by atoms with Crippen LogP contribution in [0.1, 0.15) is 24.8 Å². The molecule has 1 amide bonds. The summed E-state index contributed by atoms with van der Waals surface area (Å²) in [5, 5.41) is 9.76. The van der Waals surface area contributed by atoms with Gasteiger partial charge in [0.1, 0.15) is 5.75 Å². The molecule has 1 aliphatic carbocycles. The third kappa shape index (κ3) is 3.29. The van der Waals surface area contributed by atoms with Crippen LogP contribution < -0.4 is 4.74 Å². The van der Waals surface area contributed by atoms with Gasteiger partial charge in [0.05, 0.1) is 5.92 Å². The van der Waals surface area contributed by atoms with E-state index in [0.717, 1.165) is 24.8 Å². The smallest absolute Gasteiger partial charge is 0.307 e. The van der Waals surface area contributed by atoms with E-state index in [1.807, 2.05) is 13.0 Å². The lowest BCUT2D eigenvalue weighted by molar-refractivity contribution is -0.140. The molecule has 1 aromatic carbocycles. The first kappa shape index (κ1) is 16.1. The zero-order chi connectivity index (χ0) is 16.6. The summed E-state index contributed by atoms with van der Waals surface area (Å²) in [6, 6.07) is 5.30. The number of piperidine rings is 1. The summed E-state index contributed by atoms with van der Waals surface area (Å²) >= 11 is 5.96. The number of benzene rings is 1. The van der Waals surface area contributed by atoms with Crippen LogP contribution in [-0.4, -0.2) is 41.6 Å². The fraction of sp³-hybridized carbons (Fsp3) is 0.529. The molecule has 124 valence electrons. The highest BCUT2D eigenvalue weighted by Crippen LogP contribution is 2.59. The molecule has 3 rings (SSSR count). The Bertz CT molecular complexity index is 637. The van der Waals surface area contributed by atoms with Crippen molar-refractivity contribution >= 4 is 23.5 Å². The number of carboxylic acid groups (broad SMARTS) is 1. The zero-order valence-electron chi connectivity index (χ0n) is 13.0. The molecule has 2 aliphatic rings. The molecule has 1 atom stereocenters. The molecule has 0 bridgehead atoms. The summed E-state index contributed by atoms with van der Waals surface area (Å²) < 4.78 is 5.54. The van der Waals surface area contributed by atoms with Crippen molar-refractivity contribution in [1.82, 2.24) is 4.90 Å². The molecule has 5 nitrogen and oxygen atoms in total. The van der Waals surface area contributed by atoms with Crippen LogP contribution >= 0.6 is 11.6 Å². The molecule has 1 aromatic rings. The maximum Gasteiger partial charge on any atom is 0.307 e. The van der Waals surface area contributed by atoms with Crippen LogP contribution in [0.15, 0.2) is 18.2 Å². The number of aliphatic carboxylic acids is 1. The van der Waals surface area contributed by atoms with Gasteiger partial charge in [0.2, 0.25) is 0 Å². The first-order valence-corrected chi connectivity index (χ1v) is 8.19. The van der Waals surface area contributed by atoms with Crippen LogP contribution in [0, 0.1) is 18.3 Å². The van der Waals surface area contributed by atoms with Gasteiger partial charge in [-0.15, -0.1) is 0 Å². The third-order valence-electron chi connectivity index (χ3n) is 5.09. The van der Waals surface area contributed by atoms with E-state index in [0.29, 0.717) is 23.9 Å². The number of amides is 1. The van der Waals surface area contributed by atoms with Crippen LogP contribution in [0.3, 0.4) is 0 Å². The number of hydrogen-bond acceptors (Lipinski definition) is 3. The number of aryl methyl sites for hydroxylation is 1. The van der Waals surface area contributed by atoms with Crippen molar-refractivity contribution in [1.29, 1.82) is 0 Å². The molecule has 2 fully saturated rings. The summed E-state index contributed by atoms with van der Waals surface area (Å²) in [7, 11) is 0. The van der Waals surface area contributed by atoms with Gasteiger partial charge in [0, 0.05) is 18.1 Å². The van der Waals surface area contributed by atoms with E-state index in [-0.39, 0.29) is 23.8 Å². The molecule has 0 radical (unpaired) electrons. The summed E-state index contributed by atoms with van der Waals surface area (Å²) in [6.45, 7) is 3.11. The van der Waals surface area contributed by atoms with E-state index in [9.17, 15) is 9.59 Å². The Morgan fingerprint density at radius 3 is 2.65 bits per heavy atom. The van der Waals surface area contributed by atoms with Crippen molar-refractivity contribution in [3.8, 4) is 5.75 Å². The average Bonchev–Trinajstić information content (AvgIpc) is 3.23. The number of rotatable bonds is 4. The second-order valence-electron chi connectivity index (χ2n) is 6.54. The number of carbonyl (C=O) groups excluding carboxylic acids is 1. The van der Waals surface area contributed by atoms with Crippen molar-refractivity contribution < 1.29 is 19.4 Å². The fourth-order valence-corrected chi connectivity index (χ4v) is 3.51. The molecule has 0 aromatic heterocycles. The molecule has 1 spiro atoms. The average molecular weight is 338 g/mol. The van der Waals surface area contributed by atoms with E-state index in [1.54, 1.807) is 17.0 Å². The molecule has 1 heterocycles. The Labute approximate surface area is 140 Å². The number of halogens is 1. The Morgan fingerprint density at radius 1 is 1.39 bits per heavy atom. The molecular weight excluding hydrogens is 318 g/mol. The van der Waals surface area contributed by atoms with Crippen molar-refractivity contribution in [2.24, 2.45) is 11.3 Å². The molecule has 1 unspecified atom stereocenters. The molecule has 23 heavy (non-hydrogen) atoms. The molecular formula is C17H20ClNO4. The molecule has 1 saturated heterocycles. The quantitative estimate of drug-likeness (QED) is 0.917. The molecule has 1 saturated carbocycles. The van der Waals surface area contributed by atoms with Crippen LogP contribution in [0.4, 0.5) is 0 Å². The SMILES string of the molecule is Cc1cc(OCC(=O)N2CCC3(CC2)CC3C(=O)O)ccc1Cl. The second-order valence-corrected chi connectivity index (χ2v) is 6.94. The Balaban J connectivity index is 1.48. The van der Waals surface area contributed by atoms with Crippen molar-refractivity contribution in [3.63, 3.8) is 0 Å². The fourth-order valence-electron chi connectivity index (χ4n) is 3.39. The van der Waals surface area contributed by atoms with Gasteiger partial charge in [-0.1, -0.05) is 11.6 Å². The van der Waals surface area contributed by atoms with Gasteiger partial charge >= 0.3 is 5.97 Å². The standard InChI is InChI=1S/C17H20ClNO4/c1-11-8-12(2-3-14(11)18)23-10-15(20)19-6-4-17(5-7-19)9-13(17)16(21)22/h2-3,8,13H,4-7,9-10H2,1H3,(H,21,22). The summed E-state index contributed by atoms with van der Waals surface area (Å²) in [5.74, 6) is -0.346. The Kier molecular flexibility index (Phi) is 4.23. The van der Waals surface area contributed by atoms with Gasteiger partial charge in [0.15, 0.2) is 6.61 Å². The van der Waals surface area contributed by atoms with Gasteiger partial charge in [-0.2, -0.15) is 0 Å². The molecule has 1 aliphatic heterocycles. The Morgan fingerprint density at radius 2 is 2.09 bits per heavy atom. The molecule has 1 N–H and O–H groups in total. The summed E-state index contributed by atoms with van der Waals surface area (Å²) in [6.07, 6.45) is 2.30. The van der Waals surface area contributed by atoms with E-state index in [4.69, 9.17) is 21.4 Å². The normalized spacial score (nSPS) is 22.0. The minimum absolute atomic E-state index is 0.00354. The van der Waals surface area contributed by atoms with Crippen LogP contribution in [0.25, 0.3) is 0 Å². The Hall–Kier alpha value is -1.75. The van der Waals surface area contributed by atoms with Crippen molar-refractivity contribution in [2.75, 3.05) is 19.7 Å². The lowest BCUT2D eigenvalue weighted by Gasteiger charge is -2.32. The van der Waals surface area contributed by atoms with Gasteiger partial charge in [0.25, 0.3) is 5.91 Å². The predicted molar refractivity (Wildman–Crippen MR) is 85.7 cm³/mol. The highest BCUT2D eigenvalue weighted by molar-refractivity contribution is 6.31.